The lowest BCUT2D eigenvalue weighted by molar-refractivity contribution is -0.130. The van der Waals surface area contributed by atoms with Crippen molar-refractivity contribution in [3.05, 3.63) is 0 Å². The van der Waals surface area contributed by atoms with Crippen molar-refractivity contribution >= 4 is 5.91 Å². The molecule has 2 atom stereocenters. The summed E-state index contributed by atoms with van der Waals surface area (Å²) in [5.74, 6) is 0.503. The summed E-state index contributed by atoms with van der Waals surface area (Å²) in [5, 5.41) is 8.69. The van der Waals surface area contributed by atoms with Gasteiger partial charge in [0, 0.05) is 19.0 Å². The van der Waals surface area contributed by atoms with E-state index in [0.717, 1.165) is 0 Å². The maximum Gasteiger partial charge on any atom is 0.224 e. The standard InChI is InChI=1S/C10H16N2O/c1-7(2)8(3)12-6-9(5-11)4-10(12)13/h7-9H,4,6H2,1-3H3. The Kier molecular flexibility index (Phi) is 2.92. The van der Waals surface area contributed by atoms with Crippen molar-refractivity contribution < 1.29 is 4.79 Å². The van der Waals surface area contributed by atoms with Crippen LogP contribution < -0.4 is 0 Å². The van der Waals surface area contributed by atoms with Gasteiger partial charge in [-0.2, -0.15) is 5.26 Å². The molecule has 1 saturated heterocycles. The van der Waals surface area contributed by atoms with Crippen molar-refractivity contribution in [3.8, 4) is 6.07 Å². The van der Waals surface area contributed by atoms with Crippen molar-refractivity contribution in [1.82, 2.24) is 4.90 Å². The lowest BCUT2D eigenvalue weighted by Gasteiger charge is -2.27. The average molecular weight is 180 g/mol. The fourth-order valence-electron chi connectivity index (χ4n) is 1.57. The SMILES string of the molecule is CC(C)C(C)N1CC(C#N)CC1=O. The molecule has 0 aromatic carbocycles. The van der Waals surface area contributed by atoms with Crippen LogP contribution in [0, 0.1) is 23.2 Å². The molecule has 0 aromatic heterocycles. The molecule has 0 spiro atoms. The highest BCUT2D eigenvalue weighted by atomic mass is 16.2. The number of hydrogen-bond donors (Lipinski definition) is 0. The first-order valence-electron chi connectivity index (χ1n) is 4.75. The predicted molar refractivity (Wildman–Crippen MR) is 49.7 cm³/mol. The Morgan fingerprint density at radius 3 is 2.54 bits per heavy atom. The topological polar surface area (TPSA) is 44.1 Å². The number of nitriles is 1. The van der Waals surface area contributed by atoms with E-state index in [4.69, 9.17) is 5.26 Å². The van der Waals surface area contributed by atoms with Gasteiger partial charge in [-0.25, -0.2) is 0 Å². The fraction of sp³-hybridized carbons (Fsp3) is 0.800. The number of rotatable bonds is 2. The van der Waals surface area contributed by atoms with Crippen LogP contribution in [0.2, 0.25) is 0 Å². The van der Waals surface area contributed by atoms with Gasteiger partial charge in [-0.15, -0.1) is 0 Å². The van der Waals surface area contributed by atoms with Gasteiger partial charge in [-0.1, -0.05) is 13.8 Å². The molecule has 72 valence electrons. The minimum absolute atomic E-state index is 0.0892. The number of likely N-dealkylation sites (tertiary alicyclic amines) is 1. The zero-order chi connectivity index (χ0) is 10.0. The van der Waals surface area contributed by atoms with Crippen LogP contribution in [-0.4, -0.2) is 23.4 Å². The second-order valence-corrected chi connectivity index (χ2v) is 4.06. The minimum atomic E-state index is -0.0892. The van der Waals surface area contributed by atoms with E-state index in [2.05, 4.69) is 19.9 Å². The van der Waals surface area contributed by atoms with Gasteiger partial charge in [0.2, 0.25) is 5.91 Å². The Balaban J connectivity index is 2.63. The van der Waals surface area contributed by atoms with E-state index >= 15 is 0 Å². The van der Waals surface area contributed by atoms with E-state index in [0.29, 0.717) is 18.9 Å². The van der Waals surface area contributed by atoms with Crippen LogP contribution in [-0.2, 0) is 4.79 Å². The van der Waals surface area contributed by atoms with Gasteiger partial charge >= 0.3 is 0 Å². The molecule has 0 radical (unpaired) electrons. The van der Waals surface area contributed by atoms with Gasteiger partial charge in [0.15, 0.2) is 0 Å². The van der Waals surface area contributed by atoms with Crippen molar-refractivity contribution in [2.24, 2.45) is 11.8 Å². The molecule has 13 heavy (non-hydrogen) atoms. The van der Waals surface area contributed by atoms with E-state index in [1.54, 1.807) is 0 Å². The van der Waals surface area contributed by atoms with Crippen LogP contribution >= 0.6 is 0 Å². The van der Waals surface area contributed by atoms with Crippen molar-refractivity contribution in [2.75, 3.05) is 6.54 Å². The van der Waals surface area contributed by atoms with Crippen LogP contribution in [0.4, 0.5) is 0 Å². The van der Waals surface area contributed by atoms with Crippen LogP contribution in [0.15, 0.2) is 0 Å². The highest BCUT2D eigenvalue weighted by molar-refractivity contribution is 5.79. The van der Waals surface area contributed by atoms with Crippen molar-refractivity contribution in [1.29, 1.82) is 5.26 Å². The summed E-state index contributed by atoms with van der Waals surface area (Å²) in [5.41, 5.74) is 0. The second kappa shape index (κ2) is 3.78. The van der Waals surface area contributed by atoms with Crippen LogP contribution in [0.1, 0.15) is 27.2 Å². The fourth-order valence-corrected chi connectivity index (χ4v) is 1.57. The lowest BCUT2D eigenvalue weighted by atomic mass is 10.1. The molecule has 0 aromatic rings. The van der Waals surface area contributed by atoms with Crippen LogP contribution in [0.25, 0.3) is 0 Å². The molecule has 1 amide bonds. The molecule has 0 bridgehead atoms. The third-order valence-corrected chi connectivity index (χ3v) is 2.80. The highest BCUT2D eigenvalue weighted by Gasteiger charge is 2.33. The van der Waals surface area contributed by atoms with E-state index in [1.807, 2.05) is 11.8 Å². The number of amides is 1. The Bertz CT molecular complexity index is 242. The molecular weight excluding hydrogens is 164 g/mol. The van der Waals surface area contributed by atoms with Crippen molar-refractivity contribution in [3.63, 3.8) is 0 Å². The molecule has 1 aliphatic heterocycles. The van der Waals surface area contributed by atoms with Crippen LogP contribution in [0.3, 0.4) is 0 Å². The van der Waals surface area contributed by atoms with Gasteiger partial charge in [-0.3, -0.25) is 4.79 Å². The summed E-state index contributed by atoms with van der Waals surface area (Å²) in [6.07, 6.45) is 0.410. The third kappa shape index (κ3) is 2.00. The second-order valence-electron chi connectivity index (χ2n) is 4.06. The Morgan fingerprint density at radius 1 is 1.54 bits per heavy atom. The van der Waals surface area contributed by atoms with Gasteiger partial charge in [0.25, 0.3) is 0 Å². The molecule has 0 saturated carbocycles. The molecule has 0 N–H and O–H groups in total. The van der Waals surface area contributed by atoms with E-state index in [-0.39, 0.29) is 17.9 Å². The maximum absolute atomic E-state index is 11.5. The quantitative estimate of drug-likeness (QED) is 0.644. The minimum Gasteiger partial charge on any atom is -0.338 e. The predicted octanol–water partition coefficient (Wildman–Crippen LogP) is 1.40. The summed E-state index contributed by atoms with van der Waals surface area (Å²) in [7, 11) is 0. The average Bonchev–Trinajstić information content (AvgIpc) is 2.45. The number of hydrogen-bond acceptors (Lipinski definition) is 2. The van der Waals surface area contributed by atoms with E-state index < -0.39 is 0 Å². The third-order valence-electron chi connectivity index (χ3n) is 2.80. The van der Waals surface area contributed by atoms with Gasteiger partial charge in [-0.05, 0) is 12.8 Å². The Morgan fingerprint density at radius 2 is 2.15 bits per heavy atom. The monoisotopic (exact) mass is 180 g/mol. The molecule has 1 rings (SSSR count). The van der Waals surface area contributed by atoms with Crippen molar-refractivity contribution in [2.45, 2.75) is 33.2 Å². The van der Waals surface area contributed by atoms with E-state index in [1.165, 1.54) is 0 Å². The number of carbonyl (C=O) groups is 1. The molecule has 3 heteroatoms. The molecular formula is C10H16N2O. The first kappa shape index (κ1) is 10.0. The molecule has 1 heterocycles. The molecule has 2 unspecified atom stereocenters. The highest BCUT2D eigenvalue weighted by Crippen LogP contribution is 2.22. The number of carbonyl (C=O) groups excluding carboxylic acids is 1. The molecule has 3 nitrogen and oxygen atoms in total. The maximum atomic E-state index is 11.5. The summed E-state index contributed by atoms with van der Waals surface area (Å²) in [6, 6.07) is 2.41. The zero-order valence-electron chi connectivity index (χ0n) is 8.45. The van der Waals surface area contributed by atoms with Gasteiger partial charge in [0.1, 0.15) is 0 Å². The van der Waals surface area contributed by atoms with Gasteiger partial charge in [0.05, 0.1) is 12.0 Å². The first-order valence-corrected chi connectivity index (χ1v) is 4.75. The normalized spacial score (nSPS) is 25.0. The lowest BCUT2D eigenvalue weighted by Crippen LogP contribution is -2.37. The number of nitrogens with zero attached hydrogens (tertiary/aromatic N) is 2. The Labute approximate surface area is 79.3 Å². The largest absolute Gasteiger partial charge is 0.338 e. The summed E-state index contributed by atoms with van der Waals surface area (Å²) >= 11 is 0. The van der Waals surface area contributed by atoms with Gasteiger partial charge < -0.3 is 4.90 Å². The summed E-state index contributed by atoms with van der Waals surface area (Å²) in [4.78, 5) is 13.3. The first-order chi connectivity index (χ1) is 6.06. The van der Waals surface area contributed by atoms with Crippen LogP contribution in [0.5, 0.6) is 0 Å². The van der Waals surface area contributed by atoms with E-state index in [9.17, 15) is 4.79 Å². The Hall–Kier alpha value is -1.04. The summed E-state index contributed by atoms with van der Waals surface area (Å²) < 4.78 is 0. The smallest absolute Gasteiger partial charge is 0.224 e. The molecule has 1 fully saturated rings. The zero-order valence-corrected chi connectivity index (χ0v) is 8.45. The summed E-state index contributed by atoms with van der Waals surface area (Å²) in [6.45, 7) is 6.85. The molecule has 1 aliphatic rings. The molecule has 0 aliphatic carbocycles.